The van der Waals surface area contributed by atoms with Crippen molar-refractivity contribution in [2.75, 3.05) is 0 Å². The highest BCUT2D eigenvalue weighted by molar-refractivity contribution is 5.81. The molecule has 1 aliphatic rings. The van der Waals surface area contributed by atoms with Gasteiger partial charge in [-0.25, -0.2) is 0 Å². The molecule has 0 radical (unpaired) electrons. The van der Waals surface area contributed by atoms with Crippen LogP contribution in [-0.4, -0.2) is 50.4 Å². The second kappa shape index (κ2) is 10.0. The van der Waals surface area contributed by atoms with Gasteiger partial charge in [-0.1, -0.05) is 23.8 Å². The minimum Gasteiger partial charge on any atom is -0.508 e. The van der Waals surface area contributed by atoms with Crippen molar-refractivity contribution in [3.8, 4) is 5.75 Å². The van der Waals surface area contributed by atoms with Crippen LogP contribution in [-0.2, 0) is 16.0 Å². The fraction of sp³-hybridized carbons (Fsp3) is 0.600. The standard InChI is InChI=1S/C25H39N3O4/c1-16(12-20(26-18(3)29)13-19-8-10-22(30)11-9-19)17(2)23(31)27-21-14-24(4,5)28(32)25(6,7)15-21/h8-12,17,20-21,30,32H,13-15H2,1-7H3,(H,26,29)(H,27,31)/b16-12+/t17-,20-/m0/s1. The molecule has 1 heterocycles. The van der Waals surface area contributed by atoms with Gasteiger partial charge in [-0.3, -0.25) is 9.59 Å². The second-order valence-electron chi connectivity index (χ2n) is 10.4. The molecule has 1 saturated heterocycles. The summed E-state index contributed by atoms with van der Waals surface area (Å²) in [4.78, 5) is 24.7. The Hall–Kier alpha value is -2.38. The Bertz CT molecular complexity index is 827. The molecule has 32 heavy (non-hydrogen) atoms. The van der Waals surface area contributed by atoms with E-state index in [9.17, 15) is 19.9 Å². The van der Waals surface area contributed by atoms with Crippen LogP contribution in [0.25, 0.3) is 0 Å². The Morgan fingerprint density at radius 2 is 1.66 bits per heavy atom. The zero-order valence-electron chi connectivity index (χ0n) is 20.4. The normalized spacial score (nSPS) is 20.9. The Balaban J connectivity index is 2.09. The molecular formula is C25H39N3O4. The zero-order chi connectivity index (χ0) is 24.3. The number of benzene rings is 1. The summed E-state index contributed by atoms with van der Waals surface area (Å²) in [6.07, 6.45) is 3.80. The van der Waals surface area contributed by atoms with E-state index in [2.05, 4.69) is 10.6 Å². The van der Waals surface area contributed by atoms with Crippen LogP contribution in [0.2, 0.25) is 0 Å². The third kappa shape index (κ3) is 6.81. The van der Waals surface area contributed by atoms with Gasteiger partial charge in [0.05, 0.1) is 12.0 Å². The van der Waals surface area contributed by atoms with E-state index < -0.39 is 11.1 Å². The van der Waals surface area contributed by atoms with Gasteiger partial charge < -0.3 is 20.9 Å². The summed E-state index contributed by atoms with van der Waals surface area (Å²) in [5.41, 5.74) is 0.976. The van der Waals surface area contributed by atoms with Crippen molar-refractivity contribution in [2.24, 2.45) is 5.92 Å². The lowest BCUT2D eigenvalue weighted by Crippen LogP contribution is -2.63. The van der Waals surface area contributed by atoms with Gasteiger partial charge in [0.25, 0.3) is 0 Å². The second-order valence-corrected chi connectivity index (χ2v) is 10.4. The largest absolute Gasteiger partial charge is 0.508 e. The molecule has 2 rings (SSSR count). The maximum Gasteiger partial charge on any atom is 0.227 e. The number of hydrogen-bond acceptors (Lipinski definition) is 5. The van der Waals surface area contributed by atoms with Gasteiger partial charge in [-0.15, -0.1) is 0 Å². The van der Waals surface area contributed by atoms with Gasteiger partial charge in [0, 0.05) is 24.0 Å². The third-order valence-corrected chi connectivity index (χ3v) is 6.31. The number of phenolic OH excluding ortho intramolecular Hbond substituents is 1. The fourth-order valence-corrected chi connectivity index (χ4v) is 4.67. The lowest BCUT2D eigenvalue weighted by Gasteiger charge is -2.51. The van der Waals surface area contributed by atoms with E-state index >= 15 is 0 Å². The summed E-state index contributed by atoms with van der Waals surface area (Å²) in [7, 11) is 0. The molecular weight excluding hydrogens is 406 g/mol. The minimum absolute atomic E-state index is 0.0331. The SMILES string of the molecule is CC(=O)N[C@@H](/C=C(\C)[C@H](C)C(=O)NC1CC(C)(C)N(O)C(C)(C)C1)Cc1ccc(O)cc1. The highest BCUT2D eigenvalue weighted by Gasteiger charge is 2.45. The van der Waals surface area contributed by atoms with E-state index in [1.165, 1.54) is 12.0 Å². The minimum atomic E-state index is -0.436. The summed E-state index contributed by atoms with van der Waals surface area (Å²) >= 11 is 0. The first-order chi connectivity index (χ1) is 14.7. The molecule has 2 atom stereocenters. The van der Waals surface area contributed by atoms with Crippen LogP contribution >= 0.6 is 0 Å². The average molecular weight is 446 g/mol. The van der Waals surface area contributed by atoms with Crippen molar-refractivity contribution in [1.82, 2.24) is 15.7 Å². The molecule has 7 nitrogen and oxygen atoms in total. The number of nitrogens with zero attached hydrogens (tertiary/aromatic N) is 1. The summed E-state index contributed by atoms with van der Waals surface area (Å²) in [5.74, 6) is -0.368. The molecule has 0 aromatic heterocycles. The number of amides is 2. The van der Waals surface area contributed by atoms with Gasteiger partial charge in [0.1, 0.15) is 5.75 Å². The van der Waals surface area contributed by atoms with E-state index in [1.54, 1.807) is 12.1 Å². The molecule has 0 spiro atoms. The lowest BCUT2D eigenvalue weighted by molar-refractivity contribution is -0.246. The van der Waals surface area contributed by atoms with Crippen LogP contribution < -0.4 is 10.6 Å². The molecule has 7 heteroatoms. The molecule has 0 unspecified atom stereocenters. The van der Waals surface area contributed by atoms with Gasteiger partial charge in [0.2, 0.25) is 11.8 Å². The van der Waals surface area contributed by atoms with Crippen molar-refractivity contribution in [3.05, 3.63) is 41.5 Å². The Morgan fingerprint density at radius 3 is 2.16 bits per heavy atom. The van der Waals surface area contributed by atoms with E-state index in [0.29, 0.717) is 19.3 Å². The molecule has 4 N–H and O–H groups in total. The molecule has 0 aliphatic carbocycles. The van der Waals surface area contributed by atoms with Crippen LogP contribution in [0.3, 0.4) is 0 Å². The summed E-state index contributed by atoms with van der Waals surface area (Å²) < 4.78 is 0. The lowest BCUT2D eigenvalue weighted by atomic mass is 9.78. The molecule has 2 amide bonds. The Kier molecular flexibility index (Phi) is 8.12. The van der Waals surface area contributed by atoms with Crippen LogP contribution in [0, 0.1) is 5.92 Å². The number of phenols is 1. The predicted octanol–water partition coefficient (Wildman–Crippen LogP) is 3.55. The molecule has 1 fully saturated rings. The van der Waals surface area contributed by atoms with Gasteiger partial charge in [-0.2, -0.15) is 5.06 Å². The molecule has 1 aliphatic heterocycles. The van der Waals surface area contributed by atoms with Gasteiger partial charge in [0.15, 0.2) is 0 Å². The van der Waals surface area contributed by atoms with Crippen LogP contribution in [0.5, 0.6) is 5.75 Å². The Morgan fingerprint density at radius 1 is 1.12 bits per heavy atom. The van der Waals surface area contributed by atoms with Gasteiger partial charge in [-0.05, 0) is 78.5 Å². The van der Waals surface area contributed by atoms with Crippen molar-refractivity contribution in [1.29, 1.82) is 0 Å². The molecule has 0 saturated carbocycles. The fourth-order valence-electron chi connectivity index (χ4n) is 4.67. The molecule has 0 bridgehead atoms. The summed E-state index contributed by atoms with van der Waals surface area (Å²) in [6, 6.07) is 6.58. The number of hydroxylamine groups is 2. The topological polar surface area (TPSA) is 102 Å². The number of rotatable bonds is 7. The van der Waals surface area contributed by atoms with E-state index in [4.69, 9.17) is 0 Å². The highest BCUT2D eigenvalue weighted by Crippen LogP contribution is 2.36. The first-order valence-corrected chi connectivity index (χ1v) is 11.2. The predicted molar refractivity (Wildman–Crippen MR) is 125 cm³/mol. The quantitative estimate of drug-likeness (QED) is 0.481. The van der Waals surface area contributed by atoms with Crippen molar-refractivity contribution in [2.45, 2.75) is 90.9 Å². The van der Waals surface area contributed by atoms with Crippen LogP contribution in [0.15, 0.2) is 35.9 Å². The first kappa shape index (κ1) is 25.9. The van der Waals surface area contributed by atoms with Crippen molar-refractivity contribution >= 4 is 11.8 Å². The number of carbonyl (C=O) groups excluding carboxylic acids is 2. The Labute approximate surface area is 191 Å². The van der Waals surface area contributed by atoms with Crippen molar-refractivity contribution < 1.29 is 19.9 Å². The van der Waals surface area contributed by atoms with E-state index in [1.807, 2.05) is 59.8 Å². The zero-order valence-corrected chi connectivity index (χ0v) is 20.4. The monoisotopic (exact) mass is 445 g/mol. The van der Waals surface area contributed by atoms with E-state index in [0.717, 1.165) is 11.1 Å². The average Bonchev–Trinajstić information content (AvgIpc) is 2.66. The number of hydrogen-bond donors (Lipinski definition) is 4. The van der Waals surface area contributed by atoms with Crippen LogP contribution in [0.4, 0.5) is 0 Å². The molecule has 178 valence electrons. The first-order valence-electron chi connectivity index (χ1n) is 11.2. The van der Waals surface area contributed by atoms with Crippen molar-refractivity contribution in [3.63, 3.8) is 0 Å². The van der Waals surface area contributed by atoms with Crippen LogP contribution in [0.1, 0.15) is 66.9 Å². The van der Waals surface area contributed by atoms with E-state index in [-0.39, 0.29) is 35.6 Å². The smallest absolute Gasteiger partial charge is 0.227 e. The highest BCUT2D eigenvalue weighted by atomic mass is 16.5. The summed E-state index contributed by atoms with van der Waals surface area (Å²) in [5, 5.41) is 27.5. The number of nitrogens with one attached hydrogen (secondary N) is 2. The number of piperidine rings is 1. The maximum atomic E-state index is 13.0. The molecule has 1 aromatic carbocycles. The third-order valence-electron chi connectivity index (χ3n) is 6.31. The number of carbonyl (C=O) groups is 2. The summed E-state index contributed by atoms with van der Waals surface area (Å²) in [6.45, 7) is 13.1. The molecule has 1 aromatic rings. The maximum absolute atomic E-state index is 13.0. The number of aromatic hydroxyl groups is 1. The van der Waals surface area contributed by atoms with Gasteiger partial charge >= 0.3 is 0 Å².